The van der Waals surface area contributed by atoms with E-state index in [0.29, 0.717) is 0 Å². The molecule has 0 unspecified atom stereocenters. The second-order valence-electron chi connectivity index (χ2n) is 6.50. The number of allylic oxidation sites excluding steroid dienone is 2. The van der Waals surface area contributed by atoms with E-state index in [2.05, 4.69) is 26.0 Å². The van der Waals surface area contributed by atoms with Gasteiger partial charge in [0.25, 0.3) is 0 Å². The molecule has 0 nitrogen and oxygen atoms in total. The van der Waals surface area contributed by atoms with Crippen LogP contribution in [0.25, 0.3) is 0 Å². The van der Waals surface area contributed by atoms with E-state index >= 15 is 0 Å². The lowest BCUT2D eigenvalue weighted by Gasteiger charge is -2.01. The largest absolute Gasteiger partial charge is 0.0885 e. The Kier molecular flexibility index (Phi) is 19.5. The van der Waals surface area contributed by atoms with Crippen molar-refractivity contribution in [2.75, 3.05) is 0 Å². The van der Waals surface area contributed by atoms with Gasteiger partial charge in [0.15, 0.2) is 0 Å². The average Bonchev–Trinajstić information content (AvgIpc) is 2.50. The summed E-state index contributed by atoms with van der Waals surface area (Å²) in [5, 5.41) is 0. The van der Waals surface area contributed by atoms with Gasteiger partial charge in [-0.05, 0) is 25.7 Å². The first-order valence-corrected chi connectivity index (χ1v) is 9.86. The highest BCUT2D eigenvalue weighted by molar-refractivity contribution is 4.81. The van der Waals surface area contributed by atoms with Crippen molar-refractivity contribution in [2.24, 2.45) is 0 Å². The fourth-order valence-electron chi connectivity index (χ4n) is 2.78. The molecule has 0 aliphatic rings. The molecule has 0 saturated carbocycles. The predicted molar refractivity (Wildman–Crippen MR) is 98.7 cm³/mol. The SMILES string of the molecule is [CH2]CCCCCCCCCCC/C=C\CCCCCCC. The van der Waals surface area contributed by atoms with Crippen molar-refractivity contribution in [2.45, 2.75) is 116 Å². The molecule has 0 fully saturated rings. The fraction of sp³-hybridized carbons (Fsp3) is 0.857. The smallest absolute Gasteiger partial charge is 0.0351 e. The maximum Gasteiger partial charge on any atom is -0.0351 e. The Labute approximate surface area is 135 Å². The number of unbranched alkanes of at least 4 members (excludes halogenated alkanes) is 15. The van der Waals surface area contributed by atoms with Gasteiger partial charge >= 0.3 is 0 Å². The standard InChI is InChI=1S/C21H41/c1-3-5-7-9-11-13-15-17-19-21-20-18-16-14-12-10-8-6-4-2/h16,18H,1,3-15,17,19-21H2,2H3/b18-16-. The Bertz CT molecular complexity index is 192. The highest BCUT2D eigenvalue weighted by Crippen LogP contribution is 2.11. The van der Waals surface area contributed by atoms with E-state index in [1.807, 2.05) is 0 Å². The van der Waals surface area contributed by atoms with Crippen LogP contribution in [0.2, 0.25) is 0 Å². The van der Waals surface area contributed by atoms with E-state index in [1.165, 1.54) is 103 Å². The summed E-state index contributed by atoms with van der Waals surface area (Å²) in [5.41, 5.74) is 0. The van der Waals surface area contributed by atoms with E-state index in [1.54, 1.807) is 0 Å². The van der Waals surface area contributed by atoms with E-state index < -0.39 is 0 Å². The first-order valence-electron chi connectivity index (χ1n) is 9.86. The number of rotatable bonds is 17. The Morgan fingerprint density at radius 1 is 0.524 bits per heavy atom. The summed E-state index contributed by atoms with van der Waals surface area (Å²) in [4.78, 5) is 0. The molecule has 21 heavy (non-hydrogen) atoms. The van der Waals surface area contributed by atoms with Crippen LogP contribution in [0.15, 0.2) is 12.2 Å². The van der Waals surface area contributed by atoms with Gasteiger partial charge in [-0.2, -0.15) is 0 Å². The van der Waals surface area contributed by atoms with Crippen LogP contribution in [0.4, 0.5) is 0 Å². The van der Waals surface area contributed by atoms with Crippen molar-refractivity contribution in [3.8, 4) is 0 Å². The van der Waals surface area contributed by atoms with Crippen LogP contribution < -0.4 is 0 Å². The second kappa shape index (κ2) is 19.7. The molecule has 1 radical (unpaired) electrons. The number of hydrogen-bond acceptors (Lipinski definition) is 0. The van der Waals surface area contributed by atoms with Gasteiger partial charge in [0.1, 0.15) is 0 Å². The Morgan fingerprint density at radius 2 is 0.905 bits per heavy atom. The normalized spacial score (nSPS) is 11.5. The highest BCUT2D eigenvalue weighted by atomic mass is 14.0. The van der Waals surface area contributed by atoms with Crippen molar-refractivity contribution in [3.05, 3.63) is 19.1 Å². The molecule has 0 atom stereocenters. The molecule has 0 heteroatoms. The average molecular weight is 294 g/mol. The predicted octanol–water partition coefficient (Wildman–Crippen LogP) is 8.03. The molecule has 0 saturated heterocycles. The summed E-state index contributed by atoms with van der Waals surface area (Å²) < 4.78 is 0. The highest BCUT2D eigenvalue weighted by Gasteiger charge is 1.92. The first kappa shape index (κ1) is 20.7. The molecule has 0 aromatic rings. The summed E-state index contributed by atoms with van der Waals surface area (Å²) in [7, 11) is 0. The topological polar surface area (TPSA) is 0 Å². The monoisotopic (exact) mass is 293 g/mol. The molecule has 0 rings (SSSR count). The van der Waals surface area contributed by atoms with Gasteiger partial charge in [-0.1, -0.05) is 109 Å². The third-order valence-electron chi connectivity index (χ3n) is 4.26. The summed E-state index contributed by atoms with van der Waals surface area (Å²) in [6.45, 7) is 6.17. The fourth-order valence-corrected chi connectivity index (χ4v) is 2.78. The summed E-state index contributed by atoms with van der Waals surface area (Å²) in [5.74, 6) is 0. The molecular weight excluding hydrogens is 252 g/mol. The van der Waals surface area contributed by atoms with Crippen LogP contribution in [-0.4, -0.2) is 0 Å². The van der Waals surface area contributed by atoms with Crippen molar-refractivity contribution < 1.29 is 0 Å². The molecule has 0 aromatic heterocycles. The lowest BCUT2D eigenvalue weighted by molar-refractivity contribution is 0.561. The second-order valence-corrected chi connectivity index (χ2v) is 6.50. The van der Waals surface area contributed by atoms with Crippen molar-refractivity contribution in [1.29, 1.82) is 0 Å². The van der Waals surface area contributed by atoms with E-state index in [4.69, 9.17) is 0 Å². The van der Waals surface area contributed by atoms with Crippen LogP contribution in [0, 0.1) is 6.92 Å². The quantitative estimate of drug-likeness (QED) is 0.188. The van der Waals surface area contributed by atoms with Crippen LogP contribution in [0.5, 0.6) is 0 Å². The summed E-state index contributed by atoms with van der Waals surface area (Å²) in [6.07, 6.45) is 28.3. The Hall–Kier alpha value is -0.260. The minimum atomic E-state index is 1.12. The molecule has 0 spiro atoms. The van der Waals surface area contributed by atoms with Crippen LogP contribution in [0.3, 0.4) is 0 Å². The maximum atomic E-state index is 3.89. The van der Waals surface area contributed by atoms with Crippen molar-refractivity contribution in [3.63, 3.8) is 0 Å². The summed E-state index contributed by atoms with van der Waals surface area (Å²) in [6, 6.07) is 0. The minimum Gasteiger partial charge on any atom is -0.0885 e. The molecular formula is C21H41. The lowest BCUT2D eigenvalue weighted by Crippen LogP contribution is -1.81. The minimum absolute atomic E-state index is 1.12. The third kappa shape index (κ3) is 19.7. The molecule has 0 N–H and O–H groups in total. The van der Waals surface area contributed by atoms with E-state index in [0.717, 1.165) is 6.42 Å². The first-order chi connectivity index (χ1) is 10.4. The van der Waals surface area contributed by atoms with Gasteiger partial charge < -0.3 is 0 Å². The molecule has 0 aromatic carbocycles. The van der Waals surface area contributed by atoms with Crippen molar-refractivity contribution >= 4 is 0 Å². The van der Waals surface area contributed by atoms with Crippen molar-refractivity contribution in [1.82, 2.24) is 0 Å². The van der Waals surface area contributed by atoms with Gasteiger partial charge in [0.05, 0.1) is 0 Å². The number of hydrogen-bond donors (Lipinski definition) is 0. The Morgan fingerprint density at radius 3 is 1.33 bits per heavy atom. The molecule has 0 amide bonds. The van der Waals surface area contributed by atoms with Gasteiger partial charge in [-0.25, -0.2) is 0 Å². The van der Waals surface area contributed by atoms with Gasteiger partial charge in [-0.15, -0.1) is 0 Å². The van der Waals surface area contributed by atoms with Gasteiger partial charge in [0, 0.05) is 0 Å². The lowest BCUT2D eigenvalue weighted by atomic mass is 10.1. The van der Waals surface area contributed by atoms with E-state index in [9.17, 15) is 0 Å². The van der Waals surface area contributed by atoms with E-state index in [-0.39, 0.29) is 0 Å². The van der Waals surface area contributed by atoms with Gasteiger partial charge in [-0.3, -0.25) is 0 Å². The molecule has 0 heterocycles. The Balaban J connectivity index is 3.01. The molecule has 125 valence electrons. The molecule has 0 aliphatic carbocycles. The van der Waals surface area contributed by atoms with Gasteiger partial charge in [0.2, 0.25) is 0 Å². The molecule has 0 bridgehead atoms. The van der Waals surface area contributed by atoms with Crippen LogP contribution in [0.1, 0.15) is 116 Å². The molecule has 0 aliphatic heterocycles. The zero-order chi connectivity index (χ0) is 15.4. The van der Waals surface area contributed by atoms with Crippen LogP contribution in [-0.2, 0) is 0 Å². The summed E-state index contributed by atoms with van der Waals surface area (Å²) >= 11 is 0. The zero-order valence-corrected chi connectivity index (χ0v) is 14.9. The zero-order valence-electron chi connectivity index (χ0n) is 14.9. The van der Waals surface area contributed by atoms with Crippen LogP contribution >= 0.6 is 0 Å². The third-order valence-corrected chi connectivity index (χ3v) is 4.26. The maximum absolute atomic E-state index is 3.89.